The summed E-state index contributed by atoms with van der Waals surface area (Å²) in [5, 5.41) is 20.9. The van der Waals surface area contributed by atoms with Gasteiger partial charge in [0.05, 0.1) is 24.7 Å². The minimum absolute atomic E-state index is 0.127. The number of hydrogen-bond acceptors (Lipinski definition) is 7. The molecule has 0 radical (unpaired) electrons. The van der Waals surface area contributed by atoms with Gasteiger partial charge in [0.1, 0.15) is 0 Å². The number of nitrogens with zero attached hydrogens (tertiary/aromatic N) is 5. The van der Waals surface area contributed by atoms with Crippen molar-refractivity contribution in [3.63, 3.8) is 0 Å². The van der Waals surface area contributed by atoms with Gasteiger partial charge in [-0.05, 0) is 5.56 Å². The summed E-state index contributed by atoms with van der Waals surface area (Å²) in [5.41, 5.74) is 1.95. The Balaban J connectivity index is 1.60. The van der Waals surface area contributed by atoms with Crippen LogP contribution in [-0.4, -0.2) is 46.0 Å². The molecule has 0 bridgehead atoms. The summed E-state index contributed by atoms with van der Waals surface area (Å²) in [7, 11) is 0. The monoisotopic (exact) mass is 411 g/mol. The molecule has 150 valence electrons. The molecule has 4 rings (SSSR count). The molecule has 29 heavy (non-hydrogen) atoms. The molecule has 0 aliphatic carbocycles. The highest BCUT2D eigenvalue weighted by Crippen LogP contribution is 2.29. The molecule has 0 amide bonds. The van der Waals surface area contributed by atoms with Crippen LogP contribution in [0.15, 0.2) is 59.8 Å². The topological polar surface area (TPSA) is 86.3 Å². The zero-order valence-corrected chi connectivity index (χ0v) is 16.6. The van der Waals surface area contributed by atoms with Crippen LogP contribution >= 0.6 is 11.8 Å². The number of nitro benzene ring substituents is 1. The van der Waals surface area contributed by atoms with Gasteiger partial charge in [-0.1, -0.05) is 60.3 Å². The second-order valence-electron chi connectivity index (χ2n) is 6.63. The molecule has 8 nitrogen and oxygen atoms in total. The van der Waals surface area contributed by atoms with E-state index in [0.717, 1.165) is 29.8 Å². The van der Waals surface area contributed by atoms with Crippen molar-refractivity contribution in [1.82, 2.24) is 14.8 Å². The number of thioether (sulfide) groups is 1. The Labute approximate surface area is 172 Å². The van der Waals surface area contributed by atoms with Crippen LogP contribution in [0.4, 0.5) is 11.6 Å². The van der Waals surface area contributed by atoms with Crippen molar-refractivity contribution in [1.29, 1.82) is 0 Å². The number of para-hydroxylation sites is 1. The summed E-state index contributed by atoms with van der Waals surface area (Å²) in [5.74, 6) is 1.26. The summed E-state index contributed by atoms with van der Waals surface area (Å²) >= 11 is 1.46. The third kappa shape index (κ3) is 4.57. The molecule has 1 fully saturated rings. The number of morpholine rings is 1. The lowest BCUT2D eigenvalue weighted by Crippen LogP contribution is -2.38. The van der Waals surface area contributed by atoms with E-state index in [0.29, 0.717) is 31.1 Å². The van der Waals surface area contributed by atoms with E-state index >= 15 is 0 Å². The average molecular weight is 411 g/mol. The van der Waals surface area contributed by atoms with Crippen molar-refractivity contribution in [2.24, 2.45) is 0 Å². The van der Waals surface area contributed by atoms with Gasteiger partial charge in [0.2, 0.25) is 5.95 Å². The third-order valence-corrected chi connectivity index (χ3v) is 5.74. The van der Waals surface area contributed by atoms with E-state index in [-0.39, 0.29) is 10.6 Å². The standard InChI is InChI=1S/C20H21N5O3S/c26-25(27)18-9-5-4-8-17(18)15-29-20-22-21-19(23-10-12-28-13-11-23)24(20)14-16-6-2-1-3-7-16/h1-9H,10-15H2. The molecule has 0 unspecified atom stereocenters. The van der Waals surface area contributed by atoms with Crippen LogP contribution in [-0.2, 0) is 17.0 Å². The van der Waals surface area contributed by atoms with Gasteiger partial charge >= 0.3 is 0 Å². The number of aromatic nitrogens is 3. The van der Waals surface area contributed by atoms with Gasteiger partial charge in [0.25, 0.3) is 5.69 Å². The maximum Gasteiger partial charge on any atom is 0.273 e. The highest BCUT2D eigenvalue weighted by molar-refractivity contribution is 7.98. The van der Waals surface area contributed by atoms with Crippen LogP contribution in [0.1, 0.15) is 11.1 Å². The maximum absolute atomic E-state index is 11.3. The van der Waals surface area contributed by atoms with E-state index < -0.39 is 0 Å². The third-order valence-electron chi connectivity index (χ3n) is 4.72. The van der Waals surface area contributed by atoms with Gasteiger partial charge in [0.15, 0.2) is 5.16 Å². The fraction of sp³-hybridized carbons (Fsp3) is 0.300. The Morgan fingerprint density at radius 2 is 1.76 bits per heavy atom. The fourth-order valence-corrected chi connectivity index (χ4v) is 4.17. The Morgan fingerprint density at radius 3 is 2.52 bits per heavy atom. The van der Waals surface area contributed by atoms with E-state index in [1.807, 2.05) is 24.3 Å². The first-order chi connectivity index (χ1) is 14.2. The predicted molar refractivity (Wildman–Crippen MR) is 111 cm³/mol. The lowest BCUT2D eigenvalue weighted by Gasteiger charge is -2.28. The van der Waals surface area contributed by atoms with Crippen molar-refractivity contribution in [2.45, 2.75) is 17.5 Å². The van der Waals surface area contributed by atoms with Crippen LogP contribution in [0.25, 0.3) is 0 Å². The molecule has 1 aromatic heterocycles. The maximum atomic E-state index is 11.3. The van der Waals surface area contributed by atoms with Crippen LogP contribution in [0, 0.1) is 10.1 Å². The number of anilines is 1. The smallest absolute Gasteiger partial charge is 0.273 e. The first kappa shape index (κ1) is 19.4. The first-order valence-electron chi connectivity index (χ1n) is 9.37. The van der Waals surface area contributed by atoms with Gasteiger partial charge in [0, 0.05) is 30.5 Å². The van der Waals surface area contributed by atoms with Crippen molar-refractivity contribution in [3.8, 4) is 0 Å². The second-order valence-corrected chi connectivity index (χ2v) is 7.57. The number of nitro groups is 1. The van der Waals surface area contributed by atoms with E-state index in [4.69, 9.17) is 4.74 Å². The molecular weight excluding hydrogens is 390 g/mol. The van der Waals surface area contributed by atoms with Crippen molar-refractivity contribution in [3.05, 3.63) is 75.8 Å². The van der Waals surface area contributed by atoms with Gasteiger partial charge < -0.3 is 9.64 Å². The largest absolute Gasteiger partial charge is 0.378 e. The highest BCUT2D eigenvalue weighted by atomic mass is 32.2. The van der Waals surface area contributed by atoms with Crippen LogP contribution < -0.4 is 4.90 Å². The Bertz CT molecular complexity index is 973. The van der Waals surface area contributed by atoms with Gasteiger partial charge in [-0.15, -0.1) is 10.2 Å². The SMILES string of the molecule is O=[N+]([O-])c1ccccc1CSc1nnc(N2CCOCC2)n1Cc1ccccc1. The van der Waals surface area contributed by atoms with Gasteiger partial charge in [-0.25, -0.2) is 0 Å². The summed E-state index contributed by atoms with van der Waals surface area (Å²) in [6, 6.07) is 17.0. The average Bonchev–Trinajstić information content (AvgIpc) is 3.16. The van der Waals surface area contributed by atoms with E-state index in [1.54, 1.807) is 12.1 Å². The molecule has 0 spiro atoms. The van der Waals surface area contributed by atoms with Crippen LogP contribution in [0.2, 0.25) is 0 Å². The normalized spacial score (nSPS) is 14.1. The Hall–Kier alpha value is -2.91. The number of rotatable bonds is 7. The number of benzene rings is 2. The van der Waals surface area contributed by atoms with Crippen LogP contribution in [0.3, 0.4) is 0 Å². The lowest BCUT2D eigenvalue weighted by atomic mass is 10.2. The lowest BCUT2D eigenvalue weighted by molar-refractivity contribution is -0.385. The number of hydrogen-bond donors (Lipinski definition) is 0. The highest BCUT2D eigenvalue weighted by Gasteiger charge is 2.22. The molecule has 1 aliphatic rings. The molecular formula is C20H21N5O3S. The van der Waals surface area contributed by atoms with Gasteiger partial charge in [-0.3, -0.25) is 14.7 Å². The predicted octanol–water partition coefficient (Wildman–Crippen LogP) is 3.36. The molecule has 9 heteroatoms. The molecule has 0 saturated carbocycles. The van der Waals surface area contributed by atoms with E-state index in [2.05, 4.69) is 31.8 Å². The van der Waals surface area contributed by atoms with Gasteiger partial charge in [-0.2, -0.15) is 0 Å². The summed E-state index contributed by atoms with van der Waals surface area (Å²) in [6.07, 6.45) is 0. The zero-order chi connectivity index (χ0) is 20.1. The van der Waals surface area contributed by atoms with Crippen molar-refractivity contribution >= 4 is 23.4 Å². The molecule has 3 aromatic rings. The molecule has 2 heterocycles. The quantitative estimate of drug-likeness (QED) is 0.335. The van der Waals surface area contributed by atoms with Crippen molar-refractivity contribution < 1.29 is 9.66 Å². The summed E-state index contributed by atoms with van der Waals surface area (Å²) in [6.45, 7) is 3.50. The molecule has 1 saturated heterocycles. The zero-order valence-electron chi connectivity index (χ0n) is 15.8. The summed E-state index contributed by atoms with van der Waals surface area (Å²) in [4.78, 5) is 13.1. The molecule has 1 aliphatic heterocycles. The van der Waals surface area contributed by atoms with E-state index in [9.17, 15) is 10.1 Å². The summed E-state index contributed by atoms with van der Waals surface area (Å²) < 4.78 is 7.54. The molecule has 0 N–H and O–H groups in total. The first-order valence-corrected chi connectivity index (χ1v) is 10.4. The number of ether oxygens (including phenoxy) is 1. The van der Waals surface area contributed by atoms with Crippen LogP contribution in [0.5, 0.6) is 0 Å². The minimum Gasteiger partial charge on any atom is -0.378 e. The molecule has 0 atom stereocenters. The minimum atomic E-state index is -0.344. The molecule has 2 aromatic carbocycles. The van der Waals surface area contributed by atoms with Crippen molar-refractivity contribution in [2.75, 3.05) is 31.2 Å². The van der Waals surface area contributed by atoms with E-state index in [1.165, 1.54) is 17.8 Å². The Morgan fingerprint density at radius 1 is 1.03 bits per heavy atom. The fourth-order valence-electron chi connectivity index (χ4n) is 3.24. The second kappa shape index (κ2) is 9.06. The Kier molecular flexibility index (Phi) is 6.06.